The Labute approximate surface area is 233 Å². The molecule has 0 saturated carbocycles. The average Bonchev–Trinajstić information content (AvgIpc) is 3.00. The molecule has 2 aromatic heterocycles. The summed E-state index contributed by atoms with van der Waals surface area (Å²) in [5, 5.41) is 8.86. The van der Waals surface area contributed by atoms with E-state index in [0.717, 1.165) is 44.8 Å². The Morgan fingerprint density at radius 1 is 0.750 bits per heavy atom. The molecule has 0 spiro atoms. The Kier molecular flexibility index (Phi) is 8.27. The van der Waals surface area contributed by atoms with E-state index in [1.807, 2.05) is 49.4 Å². The number of aliphatic carboxylic acids is 1. The molecule has 6 heteroatoms. The Morgan fingerprint density at radius 3 is 1.80 bits per heavy atom. The lowest BCUT2D eigenvalue weighted by molar-refractivity contribution is -0.139. The van der Waals surface area contributed by atoms with Crippen molar-refractivity contribution >= 4 is 11.5 Å². The highest BCUT2D eigenvalue weighted by atomic mass is 16.5. The molecular formula is C34H28N2O4. The second-order valence-corrected chi connectivity index (χ2v) is 9.12. The number of pyridine rings is 2. The van der Waals surface area contributed by atoms with Crippen LogP contribution in [0, 0.1) is 6.92 Å². The van der Waals surface area contributed by atoms with E-state index in [1.165, 1.54) is 0 Å². The number of rotatable bonds is 10. The summed E-state index contributed by atoms with van der Waals surface area (Å²) in [6.07, 6.45) is 5.65. The van der Waals surface area contributed by atoms with E-state index in [-0.39, 0.29) is 6.61 Å². The summed E-state index contributed by atoms with van der Waals surface area (Å²) in [7, 11) is 0. The Balaban J connectivity index is 1.40. The monoisotopic (exact) mass is 528 g/mol. The van der Waals surface area contributed by atoms with Gasteiger partial charge in [0.1, 0.15) is 18.1 Å². The summed E-state index contributed by atoms with van der Waals surface area (Å²) in [5.74, 6) is 0.178. The molecule has 0 unspecified atom stereocenters. The fourth-order valence-electron chi connectivity index (χ4n) is 4.34. The van der Waals surface area contributed by atoms with Gasteiger partial charge >= 0.3 is 5.97 Å². The Hall–Kier alpha value is -5.23. The van der Waals surface area contributed by atoms with Crippen molar-refractivity contribution in [3.05, 3.63) is 138 Å². The first-order valence-corrected chi connectivity index (χ1v) is 12.9. The van der Waals surface area contributed by atoms with E-state index < -0.39 is 5.97 Å². The summed E-state index contributed by atoms with van der Waals surface area (Å²) in [6, 6.07) is 33.8. The van der Waals surface area contributed by atoms with Crippen LogP contribution in [0.15, 0.2) is 122 Å². The third-order valence-electron chi connectivity index (χ3n) is 6.35. The van der Waals surface area contributed by atoms with Crippen LogP contribution in [-0.4, -0.2) is 34.3 Å². The van der Waals surface area contributed by atoms with Gasteiger partial charge in [-0.1, -0.05) is 60.7 Å². The number of carboxylic acid groups (broad SMARTS) is 1. The summed E-state index contributed by atoms with van der Waals surface area (Å²) in [6.45, 7) is 1.82. The molecule has 0 saturated heterocycles. The average molecular weight is 529 g/mol. The summed E-state index contributed by atoms with van der Waals surface area (Å²) in [4.78, 5) is 19.7. The van der Waals surface area contributed by atoms with Crippen molar-refractivity contribution in [2.45, 2.75) is 6.92 Å². The second-order valence-electron chi connectivity index (χ2n) is 9.12. The molecule has 0 bridgehead atoms. The maximum Gasteiger partial charge on any atom is 0.341 e. The normalized spacial score (nSPS) is 10.5. The fraction of sp³-hybridized carbons (Fsp3) is 0.0882. The van der Waals surface area contributed by atoms with Crippen LogP contribution in [0.3, 0.4) is 0 Å². The SMILES string of the molecule is Cc1cc(OCC=C(c2ccc(-c3ccccn3)cc2)c2ccc(-c3ccccn3)cc2)ccc1OCC(=O)O. The predicted molar refractivity (Wildman–Crippen MR) is 156 cm³/mol. The maximum atomic E-state index is 10.8. The van der Waals surface area contributed by atoms with Crippen molar-refractivity contribution in [3.63, 3.8) is 0 Å². The van der Waals surface area contributed by atoms with Gasteiger partial charge in [-0.2, -0.15) is 0 Å². The topological polar surface area (TPSA) is 81.5 Å². The van der Waals surface area contributed by atoms with Gasteiger partial charge in [-0.25, -0.2) is 4.79 Å². The highest BCUT2D eigenvalue weighted by Gasteiger charge is 2.09. The van der Waals surface area contributed by atoms with Gasteiger partial charge in [-0.15, -0.1) is 0 Å². The lowest BCUT2D eigenvalue weighted by Crippen LogP contribution is -2.10. The first-order chi connectivity index (χ1) is 19.6. The third-order valence-corrected chi connectivity index (χ3v) is 6.35. The van der Waals surface area contributed by atoms with Gasteiger partial charge < -0.3 is 14.6 Å². The van der Waals surface area contributed by atoms with Gasteiger partial charge in [0, 0.05) is 23.5 Å². The number of carbonyl (C=O) groups is 1. The summed E-state index contributed by atoms with van der Waals surface area (Å²) < 4.78 is 11.4. The van der Waals surface area contributed by atoms with Crippen molar-refractivity contribution in [3.8, 4) is 34.0 Å². The number of carboxylic acids is 1. The highest BCUT2D eigenvalue weighted by Crippen LogP contribution is 2.29. The molecule has 1 N–H and O–H groups in total. The molecule has 0 atom stereocenters. The van der Waals surface area contributed by atoms with E-state index in [0.29, 0.717) is 18.1 Å². The van der Waals surface area contributed by atoms with Gasteiger partial charge in [-0.05, 0) is 77.7 Å². The fourth-order valence-corrected chi connectivity index (χ4v) is 4.34. The first kappa shape index (κ1) is 26.4. The van der Waals surface area contributed by atoms with Gasteiger partial charge in [0.15, 0.2) is 6.61 Å². The van der Waals surface area contributed by atoms with Gasteiger partial charge in [0.05, 0.1) is 11.4 Å². The number of hydrogen-bond donors (Lipinski definition) is 1. The number of hydrogen-bond acceptors (Lipinski definition) is 5. The zero-order valence-corrected chi connectivity index (χ0v) is 22.0. The van der Waals surface area contributed by atoms with Gasteiger partial charge in [0.2, 0.25) is 0 Å². The molecule has 5 aromatic rings. The highest BCUT2D eigenvalue weighted by molar-refractivity contribution is 5.82. The minimum absolute atomic E-state index is 0.341. The minimum atomic E-state index is -1.02. The largest absolute Gasteiger partial charge is 0.489 e. The number of aromatic nitrogens is 2. The van der Waals surface area contributed by atoms with Gasteiger partial charge in [-0.3, -0.25) is 9.97 Å². The Morgan fingerprint density at radius 2 is 1.32 bits per heavy atom. The first-order valence-electron chi connectivity index (χ1n) is 12.9. The third kappa shape index (κ3) is 6.60. The minimum Gasteiger partial charge on any atom is -0.489 e. The quantitative estimate of drug-likeness (QED) is 0.208. The molecule has 3 aromatic carbocycles. The van der Waals surface area contributed by atoms with Crippen LogP contribution in [0.1, 0.15) is 16.7 Å². The van der Waals surface area contributed by atoms with Crippen LogP contribution < -0.4 is 9.47 Å². The van der Waals surface area contributed by atoms with E-state index in [2.05, 4.69) is 64.6 Å². The van der Waals surface area contributed by atoms with Crippen LogP contribution in [-0.2, 0) is 4.79 Å². The van der Waals surface area contributed by atoms with Crippen molar-refractivity contribution in [1.82, 2.24) is 9.97 Å². The Bertz CT molecular complexity index is 1510. The molecule has 0 radical (unpaired) electrons. The van der Waals surface area contributed by atoms with E-state index in [9.17, 15) is 4.79 Å². The van der Waals surface area contributed by atoms with Crippen LogP contribution in [0.2, 0.25) is 0 Å². The molecule has 0 aliphatic rings. The van der Waals surface area contributed by atoms with Crippen LogP contribution >= 0.6 is 0 Å². The number of aryl methyl sites for hydroxylation is 1. The van der Waals surface area contributed by atoms with E-state index >= 15 is 0 Å². The molecule has 5 rings (SSSR count). The number of ether oxygens (including phenoxy) is 2. The van der Waals surface area contributed by atoms with Crippen molar-refractivity contribution in [2.75, 3.05) is 13.2 Å². The van der Waals surface area contributed by atoms with Crippen LogP contribution in [0.25, 0.3) is 28.1 Å². The molecule has 40 heavy (non-hydrogen) atoms. The molecule has 2 heterocycles. The molecule has 0 aliphatic heterocycles. The van der Waals surface area contributed by atoms with E-state index in [4.69, 9.17) is 14.6 Å². The van der Waals surface area contributed by atoms with E-state index in [1.54, 1.807) is 24.5 Å². The number of benzene rings is 3. The van der Waals surface area contributed by atoms with Gasteiger partial charge in [0.25, 0.3) is 0 Å². The summed E-state index contributed by atoms with van der Waals surface area (Å²) in [5.41, 5.74) is 7.90. The standard InChI is InChI=1S/C34H28N2O4/c1-24-22-29(16-17-33(24)40-23-34(37)38)39-21-18-30(25-8-12-27(13-9-25)31-6-2-4-19-35-31)26-10-14-28(15-11-26)32-7-3-5-20-36-32/h2-20,22H,21,23H2,1H3,(H,37,38). The van der Waals surface area contributed by atoms with Crippen molar-refractivity contribution in [2.24, 2.45) is 0 Å². The zero-order chi connectivity index (χ0) is 27.7. The molecule has 0 fully saturated rings. The smallest absolute Gasteiger partial charge is 0.341 e. The molecule has 6 nitrogen and oxygen atoms in total. The summed E-state index contributed by atoms with van der Waals surface area (Å²) >= 11 is 0. The van der Waals surface area contributed by atoms with Crippen LogP contribution in [0.4, 0.5) is 0 Å². The van der Waals surface area contributed by atoms with Crippen molar-refractivity contribution in [1.29, 1.82) is 0 Å². The lowest BCUT2D eigenvalue weighted by Gasteiger charge is -2.13. The zero-order valence-electron chi connectivity index (χ0n) is 22.0. The molecule has 0 aliphatic carbocycles. The predicted octanol–water partition coefficient (Wildman–Crippen LogP) is 7.09. The molecule has 0 amide bonds. The molecule has 198 valence electrons. The second kappa shape index (κ2) is 12.5. The maximum absolute atomic E-state index is 10.8. The molecular weight excluding hydrogens is 500 g/mol. The lowest BCUT2D eigenvalue weighted by atomic mass is 9.95. The van der Waals surface area contributed by atoms with Crippen LogP contribution in [0.5, 0.6) is 11.5 Å². The van der Waals surface area contributed by atoms with Crippen molar-refractivity contribution < 1.29 is 19.4 Å². The number of nitrogens with zero attached hydrogens (tertiary/aromatic N) is 2.